The van der Waals surface area contributed by atoms with E-state index in [1.807, 2.05) is 0 Å². The van der Waals surface area contributed by atoms with E-state index in [1.165, 1.54) is 20.6 Å². The molecule has 6 heteroatoms. The minimum absolute atomic E-state index is 0.124. The van der Waals surface area contributed by atoms with E-state index in [4.69, 9.17) is 14.2 Å². The fraction of sp³-hybridized carbons (Fsp3) is 0.600. The molecule has 144 valence electrons. The molecule has 6 nitrogen and oxygen atoms in total. The van der Waals surface area contributed by atoms with Crippen LogP contribution in [0.5, 0.6) is 11.5 Å². The number of esters is 1. The number of amides is 1. The van der Waals surface area contributed by atoms with Crippen molar-refractivity contribution < 1.29 is 23.8 Å². The number of para-hydroxylation sites is 1. The van der Waals surface area contributed by atoms with E-state index in [1.54, 1.807) is 25.1 Å². The normalized spacial score (nSPS) is 23.7. The zero-order valence-corrected chi connectivity index (χ0v) is 16.2. The number of methoxy groups -OCH3 is 2. The number of ether oxygens (including phenoxy) is 3. The second kappa shape index (κ2) is 8.92. The predicted molar refractivity (Wildman–Crippen MR) is 98.5 cm³/mol. The van der Waals surface area contributed by atoms with Gasteiger partial charge in [-0.25, -0.2) is 4.79 Å². The Morgan fingerprint density at radius 1 is 1.15 bits per heavy atom. The Morgan fingerprint density at radius 3 is 2.54 bits per heavy atom. The van der Waals surface area contributed by atoms with Crippen molar-refractivity contribution in [3.05, 3.63) is 23.8 Å². The van der Waals surface area contributed by atoms with Gasteiger partial charge in [0.2, 0.25) is 0 Å². The Hall–Kier alpha value is -2.24. The van der Waals surface area contributed by atoms with Crippen LogP contribution in [-0.2, 0) is 9.53 Å². The standard InChI is InChI=1S/C20H29NO5/c1-12-8-6-10-16(13(12)2)21-19(22)14(3)26-20(23)15-9-7-11-17(24-4)18(15)25-5/h7,9,11-14,16H,6,8,10H2,1-5H3,(H,21,22)/t12-,13-,14-,16+/m1/s1. The van der Waals surface area contributed by atoms with Gasteiger partial charge in [-0.1, -0.05) is 32.8 Å². The van der Waals surface area contributed by atoms with Gasteiger partial charge in [-0.2, -0.15) is 0 Å². The minimum atomic E-state index is -0.886. The van der Waals surface area contributed by atoms with Crippen LogP contribution in [0.15, 0.2) is 18.2 Å². The minimum Gasteiger partial charge on any atom is -0.493 e. The van der Waals surface area contributed by atoms with Gasteiger partial charge in [0.15, 0.2) is 17.6 Å². The number of hydrogen-bond donors (Lipinski definition) is 1. The molecule has 1 aliphatic rings. The first-order valence-electron chi connectivity index (χ1n) is 9.11. The third-order valence-corrected chi connectivity index (χ3v) is 5.31. The fourth-order valence-corrected chi connectivity index (χ4v) is 3.41. The molecule has 0 heterocycles. The van der Waals surface area contributed by atoms with E-state index in [9.17, 15) is 9.59 Å². The molecule has 0 aromatic heterocycles. The molecule has 0 aliphatic heterocycles. The lowest BCUT2D eigenvalue weighted by molar-refractivity contribution is -0.130. The van der Waals surface area contributed by atoms with E-state index in [0.29, 0.717) is 23.3 Å². The molecule has 2 rings (SSSR count). The highest BCUT2D eigenvalue weighted by atomic mass is 16.6. The molecule has 0 spiro atoms. The van der Waals surface area contributed by atoms with Crippen LogP contribution >= 0.6 is 0 Å². The maximum Gasteiger partial charge on any atom is 0.342 e. The summed E-state index contributed by atoms with van der Waals surface area (Å²) >= 11 is 0. The Balaban J connectivity index is 2.01. The topological polar surface area (TPSA) is 73.9 Å². The lowest BCUT2D eigenvalue weighted by Gasteiger charge is -2.35. The first kappa shape index (κ1) is 20.1. The van der Waals surface area contributed by atoms with Gasteiger partial charge in [0.25, 0.3) is 5.91 Å². The van der Waals surface area contributed by atoms with E-state index < -0.39 is 12.1 Å². The zero-order chi connectivity index (χ0) is 19.3. The van der Waals surface area contributed by atoms with Gasteiger partial charge < -0.3 is 19.5 Å². The summed E-state index contributed by atoms with van der Waals surface area (Å²) in [6.45, 7) is 5.95. The molecule has 0 unspecified atom stereocenters. The van der Waals surface area contributed by atoms with Crippen molar-refractivity contribution in [2.75, 3.05) is 14.2 Å². The van der Waals surface area contributed by atoms with Crippen molar-refractivity contribution in [3.8, 4) is 11.5 Å². The highest BCUT2D eigenvalue weighted by Crippen LogP contribution is 2.32. The zero-order valence-electron chi connectivity index (χ0n) is 16.2. The van der Waals surface area contributed by atoms with Crippen LogP contribution in [0.3, 0.4) is 0 Å². The summed E-state index contributed by atoms with van der Waals surface area (Å²) in [5.41, 5.74) is 0.228. The number of hydrogen-bond acceptors (Lipinski definition) is 5. The summed E-state index contributed by atoms with van der Waals surface area (Å²) in [4.78, 5) is 24.9. The molecular weight excluding hydrogens is 334 g/mol. The summed E-state index contributed by atoms with van der Waals surface area (Å²) in [5.74, 6) is 0.827. The monoisotopic (exact) mass is 363 g/mol. The van der Waals surface area contributed by atoms with Gasteiger partial charge in [-0.05, 0) is 37.3 Å². The molecule has 1 N–H and O–H groups in total. The predicted octanol–water partition coefficient (Wildman–Crippen LogP) is 3.19. The number of benzene rings is 1. The van der Waals surface area contributed by atoms with Gasteiger partial charge in [-0.3, -0.25) is 4.79 Å². The van der Waals surface area contributed by atoms with Crippen LogP contribution in [0, 0.1) is 11.8 Å². The summed E-state index contributed by atoms with van der Waals surface area (Å²) in [6.07, 6.45) is 2.36. The molecule has 1 aromatic carbocycles. The summed E-state index contributed by atoms with van der Waals surface area (Å²) in [6, 6.07) is 5.07. The van der Waals surface area contributed by atoms with Crippen molar-refractivity contribution in [1.82, 2.24) is 5.32 Å². The third-order valence-electron chi connectivity index (χ3n) is 5.31. The van der Waals surface area contributed by atoms with Crippen LogP contribution in [-0.4, -0.2) is 38.2 Å². The van der Waals surface area contributed by atoms with Gasteiger partial charge in [-0.15, -0.1) is 0 Å². The molecule has 1 amide bonds. The smallest absolute Gasteiger partial charge is 0.342 e. The average molecular weight is 363 g/mol. The fourth-order valence-electron chi connectivity index (χ4n) is 3.41. The van der Waals surface area contributed by atoms with E-state index in [2.05, 4.69) is 19.2 Å². The van der Waals surface area contributed by atoms with E-state index in [-0.39, 0.29) is 17.5 Å². The van der Waals surface area contributed by atoms with Crippen molar-refractivity contribution in [1.29, 1.82) is 0 Å². The molecule has 1 aliphatic carbocycles. The Labute approximate surface area is 155 Å². The molecule has 0 radical (unpaired) electrons. The maximum atomic E-state index is 12.5. The third kappa shape index (κ3) is 4.48. The van der Waals surface area contributed by atoms with Crippen molar-refractivity contribution in [2.45, 2.75) is 52.2 Å². The number of nitrogens with one attached hydrogen (secondary N) is 1. The van der Waals surface area contributed by atoms with Gasteiger partial charge in [0.05, 0.1) is 14.2 Å². The molecular formula is C20H29NO5. The molecule has 1 fully saturated rings. The van der Waals surface area contributed by atoms with E-state index in [0.717, 1.165) is 12.8 Å². The quantitative estimate of drug-likeness (QED) is 0.786. The molecule has 4 atom stereocenters. The Kier molecular flexibility index (Phi) is 6.89. The highest BCUT2D eigenvalue weighted by molar-refractivity contribution is 5.95. The highest BCUT2D eigenvalue weighted by Gasteiger charge is 2.30. The molecule has 0 saturated heterocycles. The van der Waals surface area contributed by atoms with Crippen LogP contribution in [0.2, 0.25) is 0 Å². The van der Waals surface area contributed by atoms with Crippen molar-refractivity contribution in [3.63, 3.8) is 0 Å². The Bertz CT molecular complexity index is 645. The largest absolute Gasteiger partial charge is 0.493 e. The van der Waals surface area contributed by atoms with Crippen LogP contribution < -0.4 is 14.8 Å². The first-order chi connectivity index (χ1) is 12.4. The summed E-state index contributed by atoms with van der Waals surface area (Å²) in [5, 5.41) is 3.03. The van der Waals surface area contributed by atoms with Crippen molar-refractivity contribution >= 4 is 11.9 Å². The summed E-state index contributed by atoms with van der Waals surface area (Å²) in [7, 11) is 2.95. The lowest BCUT2D eigenvalue weighted by atomic mass is 9.78. The first-order valence-corrected chi connectivity index (χ1v) is 9.11. The second-order valence-corrected chi connectivity index (χ2v) is 6.97. The van der Waals surface area contributed by atoms with Gasteiger partial charge in [0, 0.05) is 6.04 Å². The van der Waals surface area contributed by atoms with Crippen LogP contribution in [0.1, 0.15) is 50.4 Å². The van der Waals surface area contributed by atoms with Gasteiger partial charge >= 0.3 is 5.97 Å². The van der Waals surface area contributed by atoms with Crippen molar-refractivity contribution in [2.24, 2.45) is 11.8 Å². The van der Waals surface area contributed by atoms with E-state index >= 15 is 0 Å². The number of rotatable bonds is 6. The SMILES string of the molecule is COc1cccc(C(=O)O[C@H](C)C(=O)N[C@H]2CCC[C@@H](C)[C@H]2C)c1OC. The van der Waals surface area contributed by atoms with Crippen LogP contribution in [0.25, 0.3) is 0 Å². The molecule has 26 heavy (non-hydrogen) atoms. The molecule has 0 bridgehead atoms. The van der Waals surface area contributed by atoms with Gasteiger partial charge in [0.1, 0.15) is 5.56 Å². The maximum absolute atomic E-state index is 12.5. The lowest BCUT2D eigenvalue weighted by Crippen LogP contribution is -2.47. The summed E-state index contributed by atoms with van der Waals surface area (Å²) < 4.78 is 15.8. The number of carbonyl (C=O) groups is 2. The molecule has 1 aromatic rings. The average Bonchev–Trinajstić information content (AvgIpc) is 2.64. The second-order valence-electron chi connectivity index (χ2n) is 6.97. The Morgan fingerprint density at radius 2 is 1.88 bits per heavy atom. The number of carbonyl (C=O) groups excluding carboxylic acids is 2. The molecule has 1 saturated carbocycles. The van der Waals surface area contributed by atoms with Crippen LogP contribution in [0.4, 0.5) is 0 Å².